The maximum Gasteiger partial charge on any atom is 0.217 e. The van der Waals surface area contributed by atoms with Crippen molar-refractivity contribution < 1.29 is 34.0 Å². The van der Waals surface area contributed by atoms with Crippen LogP contribution in [-0.4, -0.2) is 49.6 Å². The monoisotopic (exact) mass is 429 g/mol. The summed E-state index contributed by atoms with van der Waals surface area (Å²) in [6.07, 6.45) is -1.36. The number of hydrogen-bond donors (Lipinski definition) is 3. The number of rotatable bonds is 5. The molecule has 8 heteroatoms. The minimum Gasteiger partial charge on any atom is -0.497 e. The molecule has 166 valence electrons. The van der Waals surface area contributed by atoms with Crippen molar-refractivity contribution in [2.45, 2.75) is 37.2 Å². The highest BCUT2D eigenvalue weighted by Crippen LogP contribution is 2.66. The molecule has 2 aromatic carbocycles. The number of ether oxygens (including phenoxy) is 4. The van der Waals surface area contributed by atoms with Crippen LogP contribution in [-0.2, 0) is 16.0 Å². The van der Waals surface area contributed by atoms with E-state index in [0.717, 1.165) is 0 Å². The maximum absolute atomic E-state index is 12.2. The molecule has 1 aliphatic carbocycles. The highest BCUT2D eigenvalue weighted by Gasteiger charge is 2.75. The molecule has 0 aromatic heterocycles. The quantitative estimate of drug-likeness (QED) is 0.664. The smallest absolute Gasteiger partial charge is 0.217 e. The van der Waals surface area contributed by atoms with E-state index >= 15 is 0 Å². The van der Waals surface area contributed by atoms with Crippen molar-refractivity contribution in [1.82, 2.24) is 5.32 Å². The topological polar surface area (TPSA) is 106 Å². The summed E-state index contributed by atoms with van der Waals surface area (Å²) in [5, 5.41) is 26.4. The van der Waals surface area contributed by atoms with Crippen LogP contribution in [0.25, 0.3) is 0 Å². The SMILES string of the molecule is COc1ccc([C@@]23Oc4cc(OC)cc(OC)c4[C@]2(O)[C@H](O)[C@H](NC(C)=O)[C@H]3C)cc1. The molecular formula is C23H27NO7. The summed E-state index contributed by atoms with van der Waals surface area (Å²) in [7, 11) is 4.56. The van der Waals surface area contributed by atoms with Crippen molar-refractivity contribution in [3.63, 3.8) is 0 Å². The summed E-state index contributed by atoms with van der Waals surface area (Å²) in [6, 6.07) is 9.64. The van der Waals surface area contributed by atoms with Crippen molar-refractivity contribution in [3.8, 4) is 23.0 Å². The highest BCUT2D eigenvalue weighted by atomic mass is 16.5. The van der Waals surface area contributed by atoms with Crippen molar-refractivity contribution in [1.29, 1.82) is 0 Å². The van der Waals surface area contributed by atoms with Gasteiger partial charge in [-0.2, -0.15) is 0 Å². The fraction of sp³-hybridized carbons (Fsp3) is 0.435. The van der Waals surface area contributed by atoms with Gasteiger partial charge in [0.2, 0.25) is 5.91 Å². The Balaban J connectivity index is 2.00. The number of benzene rings is 2. The average Bonchev–Trinajstić information content (AvgIpc) is 3.13. The zero-order valence-corrected chi connectivity index (χ0v) is 18.1. The van der Waals surface area contributed by atoms with E-state index in [9.17, 15) is 15.0 Å². The van der Waals surface area contributed by atoms with E-state index in [1.165, 1.54) is 21.1 Å². The van der Waals surface area contributed by atoms with E-state index in [0.29, 0.717) is 34.1 Å². The molecule has 8 nitrogen and oxygen atoms in total. The predicted octanol–water partition coefficient (Wildman–Crippen LogP) is 1.70. The van der Waals surface area contributed by atoms with Crippen LogP contribution in [0.4, 0.5) is 0 Å². The van der Waals surface area contributed by atoms with Gasteiger partial charge in [-0.05, 0) is 17.7 Å². The van der Waals surface area contributed by atoms with Gasteiger partial charge >= 0.3 is 0 Å². The first-order chi connectivity index (χ1) is 14.7. The van der Waals surface area contributed by atoms with Crippen LogP contribution in [0.3, 0.4) is 0 Å². The second-order valence-corrected chi connectivity index (χ2v) is 8.00. The Morgan fingerprint density at radius 3 is 2.26 bits per heavy atom. The van der Waals surface area contributed by atoms with Crippen molar-refractivity contribution >= 4 is 5.91 Å². The van der Waals surface area contributed by atoms with Crippen molar-refractivity contribution in [3.05, 3.63) is 47.5 Å². The van der Waals surface area contributed by atoms with Gasteiger partial charge in [-0.3, -0.25) is 4.79 Å². The first-order valence-corrected chi connectivity index (χ1v) is 10.0. The molecule has 1 saturated carbocycles. The largest absolute Gasteiger partial charge is 0.497 e. The van der Waals surface area contributed by atoms with Gasteiger partial charge in [-0.15, -0.1) is 0 Å². The molecular weight excluding hydrogens is 402 g/mol. The van der Waals surface area contributed by atoms with Crippen LogP contribution in [0, 0.1) is 5.92 Å². The van der Waals surface area contributed by atoms with Crippen molar-refractivity contribution in [2.75, 3.05) is 21.3 Å². The Bertz CT molecular complexity index is 1010. The lowest BCUT2D eigenvalue weighted by atomic mass is 9.73. The first kappa shape index (κ1) is 21.3. The number of carbonyl (C=O) groups excluding carboxylic acids is 1. The van der Waals surface area contributed by atoms with Crippen LogP contribution < -0.4 is 24.3 Å². The van der Waals surface area contributed by atoms with Gasteiger partial charge in [0.1, 0.15) is 29.1 Å². The summed E-state index contributed by atoms with van der Waals surface area (Å²) in [5.41, 5.74) is -2.35. The van der Waals surface area contributed by atoms with Crippen LogP contribution in [0.15, 0.2) is 36.4 Å². The lowest BCUT2D eigenvalue weighted by Crippen LogP contribution is -2.52. The Labute approximate surface area is 180 Å². The Morgan fingerprint density at radius 2 is 1.71 bits per heavy atom. The second kappa shape index (κ2) is 7.32. The molecule has 1 aliphatic heterocycles. The van der Waals surface area contributed by atoms with Crippen LogP contribution in [0.5, 0.6) is 23.0 Å². The standard InChI is InChI=1S/C23H27NO7/c1-12-20(24-13(2)25)21(26)22(27)19-17(30-5)10-16(29-4)11-18(19)31-23(12,22)14-6-8-15(28-3)9-7-14/h6-12,20-21,26-27H,1-5H3,(H,24,25)/t12-,20-,21-,22+,23-/m1/s1. The summed E-state index contributed by atoms with van der Waals surface area (Å²) in [4.78, 5) is 11.9. The van der Waals surface area contributed by atoms with Gasteiger partial charge in [-0.25, -0.2) is 0 Å². The summed E-state index contributed by atoms with van der Waals surface area (Å²) in [6.45, 7) is 3.21. The Morgan fingerprint density at radius 1 is 1.06 bits per heavy atom. The van der Waals surface area contributed by atoms with Crippen molar-refractivity contribution in [2.24, 2.45) is 5.92 Å². The lowest BCUT2D eigenvalue weighted by Gasteiger charge is -2.39. The van der Waals surface area contributed by atoms with Gasteiger partial charge in [0.15, 0.2) is 11.2 Å². The van der Waals surface area contributed by atoms with E-state index < -0.39 is 29.3 Å². The number of fused-ring (bicyclic) bond motifs is 3. The second-order valence-electron chi connectivity index (χ2n) is 8.00. The van der Waals surface area contributed by atoms with Gasteiger partial charge in [0.05, 0.1) is 32.9 Å². The molecule has 1 heterocycles. The van der Waals surface area contributed by atoms with Crippen LogP contribution >= 0.6 is 0 Å². The van der Waals surface area contributed by atoms with Gasteiger partial charge < -0.3 is 34.5 Å². The molecule has 1 fully saturated rings. The number of carbonyl (C=O) groups is 1. The van der Waals surface area contributed by atoms with Crippen LogP contribution in [0.1, 0.15) is 25.0 Å². The molecule has 0 radical (unpaired) electrons. The molecule has 0 spiro atoms. The molecule has 31 heavy (non-hydrogen) atoms. The molecule has 0 unspecified atom stereocenters. The number of aliphatic hydroxyl groups is 2. The third-order valence-corrected chi connectivity index (χ3v) is 6.55. The average molecular weight is 429 g/mol. The third-order valence-electron chi connectivity index (χ3n) is 6.55. The first-order valence-electron chi connectivity index (χ1n) is 10.0. The number of amides is 1. The fourth-order valence-corrected chi connectivity index (χ4v) is 5.15. The number of aliphatic hydroxyl groups excluding tert-OH is 1. The third kappa shape index (κ3) is 2.71. The van der Waals surface area contributed by atoms with Crippen LogP contribution in [0.2, 0.25) is 0 Å². The molecule has 2 aliphatic rings. The zero-order chi connectivity index (χ0) is 22.6. The van der Waals surface area contributed by atoms with E-state index in [2.05, 4.69) is 5.32 Å². The summed E-state index contributed by atoms with van der Waals surface area (Å²) >= 11 is 0. The van der Waals surface area contributed by atoms with E-state index in [1.807, 2.05) is 6.92 Å². The molecule has 5 atom stereocenters. The molecule has 4 rings (SSSR count). The minimum atomic E-state index is -1.90. The zero-order valence-electron chi connectivity index (χ0n) is 18.1. The number of methoxy groups -OCH3 is 3. The fourth-order valence-electron chi connectivity index (χ4n) is 5.15. The molecule has 3 N–H and O–H groups in total. The Hall–Kier alpha value is -2.97. The predicted molar refractivity (Wildman–Crippen MR) is 112 cm³/mol. The number of nitrogens with one attached hydrogen (secondary N) is 1. The molecule has 1 amide bonds. The Kier molecular flexibility index (Phi) is 5.02. The molecule has 0 bridgehead atoms. The maximum atomic E-state index is 12.2. The summed E-state index contributed by atoms with van der Waals surface area (Å²) in [5.74, 6) is 0.982. The lowest BCUT2D eigenvalue weighted by molar-refractivity contribution is -0.156. The summed E-state index contributed by atoms with van der Waals surface area (Å²) < 4.78 is 22.7. The normalized spacial score (nSPS) is 30.7. The minimum absolute atomic E-state index is 0.314. The molecule has 0 saturated heterocycles. The van der Waals surface area contributed by atoms with Gasteiger partial charge in [0.25, 0.3) is 0 Å². The van der Waals surface area contributed by atoms with Gasteiger partial charge in [-0.1, -0.05) is 19.1 Å². The molecule has 2 aromatic rings. The van der Waals surface area contributed by atoms with E-state index in [-0.39, 0.29) is 5.91 Å². The van der Waals surface area contributed by atoms with Gasteiger partial charge in [0, 0.05) is 25.0 Å². The van der Waals surface area contributed by atoms with E-state index in [4.69, 9.17) is 18.9 Å². The highest BCUT2D eigenvalue weighted by molar-refractivity contribution is 5.74. The number of hydrogen-bond acceptors (Lipinski definition) is 7. The van der Waals surface area contributed by atoms with E-state index in [1.54, 1.807) is 43.5 Å².